The first-order valence-corrected chi connectivity index (χ1v) is 26.2. The van der Waals surface area contributed by atoms with E-state index in [4.69, 9.17) is 31.4 Å². The molecule has 0 unspecified atom stereocenters. The molecule has 2 heterocycles. The zero-order valence-corrected chi connectivity index (χ0v) is 44.0. The van der Waals surface area contributed by atoms with E-state index in [1.54, 1.807) is 58.0 Å². The number of hydrogen-bond acceptors (Lipinski definition) is 15. The second kappa shape index (κ2) is 27.5. The second-order valence-corrected chi connectivity index (χ2v) is 19.5. The number of fused-ring (bicyclic) bond motifs is 5. The average molecular weight is 1030 g/mol. The third-order valence-corrected chi connectivity index (χ3v) is 13.9. The van der Waals surface area contributed by atoms with Gasteiger partial charge in [0.2, 0.25) is 11.8 Å². The molecule has 2 aliphatic rings. The minimum absolute atomic E-state index is 0.0301. The monoisotopic (exact) mass is 1030 g/mol. The Hall–Kier alpha value is -7.07. The van der Waals surface area contributed by atoms with E-state index in [0.717, 1.165) is 24.2 Å². The summed E-state index contributed by atoms with van der Waals surface area (Å²) in [6.45, 7) is 7.48. The zero-order valence-electron chi connectivity index (χ0n) is 44.0. The van der Waals surface area contributed by atoms with Crippen LogP contribution in [0.25, 0.3) is 22.5 Å². The Morgan fingerprint density at radius 3 is 2.12 bits per heavy atom. The van der Waals surface area contributed by atoms with Crippen LogP contribution in [0, 0.1) is 37.0 Å². The lowest BCUT2D eigenvalue weighted by molar-refractivity contribution is -0.144. The van der Waals surface area contributed by atoms with Gasteiger partial charge in [-0.2, -0.15) is 5.26 Å². The van der Waals surface area contributed by atoms with Crippen LogP contribution in [0.2, 0.25) is 0 Å². The predicted octanol–water partition coefficient (Wildman–Crippen LogP) is 5.96. The standard InChI is InChI=1S/C57H73N9O9/c1-6-45(64-56(71)52-35(3)62-54(63-36(52)4)38-15-18-42(19-16-38)75-41-11-8-7-9-12-41)48(68)33-40(22-24-59)57(72)66(5)53-39-17-21-51(74-28-26-61)44(32-39)43-30-37(14-20-50(43)73-27-25-60)31-46(47(67)13-10-23-58)65-55(70)34(2)29-49(53)69/h14-21,30,32,34,40-41,45-46,53H,6-13,22,24-29,31,33,59-61H2,1-5H3,(H,64,71)(H,65,70)/t34-,40-,45+,46+,53+/m1/s1. The third kappa shape index (κ3) is 14.8. The van der Waals surface area contributed by atoms with Crippen molar-refractivity contribution in [2.24, 2.45) is 29.0 Å². The van der Waals surface area contributed by atoms with Crippen molar-refractivity contribution in [1.29, 1.82) is 5.26 Å². The molecule has 1 aliphatic heterocycles. The average Bonchev–Trinajstić information content (AvgIpc) is 3.40. The first-order chi connectivity index (χ1) is 36.1. The van der Waals surface area contributed by atoms with Crippen LogP contribution in [0.5, 0.6) is 17.2 Å². The summed E-state index contributed by atoms with van der Waals surface area (Å²) >= 11 is 0. The van der Waals surface area contributed by atoms with E-state index in [1.807, 2.05) is 36.4 Å². The molecule has 5 atom stereocenters. The fraction of sp³-hybridized carbons (Fsp3) is 0.491. The molecule has 1 aromatic heterocycles. The van der Waals surface area contributed by atoms with Gasteiger partial charge in [0.1, 0.15) is 36.5 Å². The highest BCUT2D eigenvalue weighted by molar-refractivity contribution is 6.01. The molecule has 3 amide bonds. The van der Waals surface area contributed by atoms with Gasteiger partial charge < -0.3 is 46.9 Å². The molecular formula is C57H73N9O9. The molecule has 6 rings (SSSR count). The van der Waals surface area contributed by atoms with Gasteiger partial charge in [-0.25, -0.2) is 9.97 Å². The highest BCUT2D eigenvalue weighted by Gasteiger charge is 2.37. The number of ketones is 3. The summed E-state index contributed by atoms with van der Waals surface area (Å²) in [5, 5.41) is 15.0. The number of carbonyl (C=O) groups excluding carboxylic acids is 6. The van der Waals surface area contributed by atoms with Crippen molar-refractivity contribution in [3.63, 3.8) is 0 Å². The van der Waals surface area contributed by atoms with E-state index in [2.05, 4.69) is 20.6 Å². The Labute approximate surface area is 439 Å². The number of carbonyl (C=O) groups is 6. The van der Waals surface area contributed by atoms with Crippen LogP contribution in [-0.4, -0.2) is 108 Å². The number of aryl methyl sites for hydroxylation is 2. The Balaban J connectivity index is 1.28. The number of nitrogens with one attached hydrogen (secondary N) is 2. The fourth-order valence-corrected chi connectivity index (χ4v) is 9.90. The highest BCUT2D eigenvalue weighted by Crippen LogP contribution is 2.41. The lowest BCUT2D eigenvalue weighted by Crippen LogP contribution is -2.46. The van der Waals surface area contributed by atoms with Crippen molar-refractivity contribution < 1.29 is 43.0 Å². The number of rotatable bonds is 22. The number of hydrogen-bond donors (Lipinski definition) is 5. The summed E-state index contributed by atoms with van der Waals surface area (Å²) < 4.78 is 18.5. The van der Waals surface area contributed by atoms with Crippen LogP contribution in [0.3, 0.4) is 0 Å². The van der Waals surface area contributed by atoms with E-state index in [1.165, 1.54) is 31.2 Å². The number of amides is 3. The third-order valence-electron chi connectivity index (χ3n) is 13.9. The van der Waals surface area contributed by atoms with E-state index >= 15 is 0 Å². The summed E-state index contributed by atoms with van der Waals surface area (Å²) in [5.41, 5.74) is 21.7. The van der Waals surface area contributed by atoms with Crippen molar-refractivity contribution in [3.05, 3.63) is 88.7 Å². The maximum absolute atomic E-state index is 14.9. The molecule has 4 aromatic rings. The molecule has 1 aliphatic carbocycles. The van der Waals surface area contributed by atoms with Gasteiger partial charge in [0.15, 0.2) is 23.2 Å². The minimum Gasteiger partial charge on any atom is -0.492 e. The van der Waals surface area contributed by atoms with Gasteiger partial charge in [0.05, 0.1) is 41.2 Å². The van der Waals surface area contributed by atoms with Crippen LogP contribution in [0.15, 0.2) is 60.7 Å². The van der Waals surface area contributed by atoms with Crippen molar-refractivity contribution in [1.82, 2.24) is 25.5 Å². The summed E-state index contributed by atoms with van der Waals surface area (Å²) in [6, 6.07) is 16.7. The lowest BCUT2D eigenvalue weighted by Gasteiger charge is -2.32. The number of ether oxygens (including phenoxy) is 3. The van der Waals surface area contributed by atoms with Gasteiger partial charge in [-0.05, 0) is 125 Å². The summed E-state index contributed by atoms with van der Waals surface area (Å²) in [4.78, 5) is 96.1. The van der Waals surface area contributed by atoms with E-state index in [0.29, 0.717) is 51.0 Å². The zero-order chi connectivity index (χ0) is 54.2. The van der Waals surface area contributed by atoms with Gasteiger partial charge in [0.25, 0.3) is 5.91 Å². The van der Waals surface area contributed by atoms with Gasteiger partial charge in [-0.1, -0.05) is 32.4 Å². The molecule has 75 heavy (non-hydrogen) atoms. The van der Waals surface area contributed by atoms with E-state index in [-0.39, 0.29) is 95.2 Å². The number of nitrogens with zero attached hydrogens (tertiary/aromatic N) is 4. The highest BCUT2D eigenvalue weighted by atomic mass is 16.5. The van der Waals surface area contributed by atoms with Gasteiger partial charge >= 0.3 is 0 Å². The smallest absolute Gasteiger partial charge is 0.255 e. The van der Waals surface area contributed by atoms with Gasteiger partial charge in [0, 0.05) is 74.3 Å². The Morgan fingerprint density at radius 1 is 0.867 bits per heavy atom. The molecule has 0 saturated heterocycles. The second-order valence-electron chi connectivity index (χ2n) is 19.5. The van der Waals surface area contributed by atoms with Crippen molar-refractivity contribution >= 4 is 35.1 Å². The van der Waals surface area contributed by atoms with Crippen molar-refractivity contribution in [2.75, 3.05) is 39.9 Å². The Morgan fingerprint density at radius 2 is 1.51 bits per heavy atom. The van der Waals surface area contributed by atoms with Crippen LogP contribution >= 0.6 is 0 Å². The van der Waals surface area contributed by atoms with Crippen molar-refractivity contribution in [3.8, 4) is 45.8 Å². The predicted molar refractivity (Wildman–Crippen MR) is 284 cm³/mol. The normalized spacial score (nSPS) is 17.8. The number of nitriles is 1. The summed E-state index contributed by atoms with van der Waals surface area (Å²) in [5.74, 6) is -2.84. The number of benzene rings is 3. The summed E-state index contributed by atoms with van der Waals surface area (Å²) in [6.07, 6.45) is 5.45. The largest absolute Gasteiger partial charge is 0.492 e. The minimum atomic E-state index is -1.29. The first-order valence-electron chi connectivity index (χ1n) is 26.2. The molecule has 4 bridgehead atoms. The van der Waals surface area contributed by atoms with E-state index in [9.17, 15) is 34.0 Å². The number of aromatic nitrogens is 2. The first kappa shape index (κ1) is 57.2. The number of nitrogens with two attached hydrogens (primary N) is 3. The molecule has 8 N–H and O–H groups in total. The van der Waals surface area contributed by atoms with Crippen LogP contribution in [0.1, 0.15) is 123 Å². The Kier molecular flexibility index (Phi) is 20.9. The molecule has 400 valence electrons. The molecule has 0 spiro atoms. The maximum atomic E-state index is 14.9. The van der Waals surface area contributed by atoms with Crippen LogP contribution in [-0.2, 0) is 30.4 Å². The Bertz CT molecular complexity index is 2690. The topological polar surface area (TPSA) is 285 Å². The van der Waals surface area contributed by atoms with Crippen LogP contribution < -0.4 is 42.0 Å². The number of Topliss-reactive ketones (excluding diaryl/α,β-unsaturated/α-hetero) is 3. The molecular weight excluding hydrogens is 955 g/mol. The van der Waals surface area contributed by atoms with Crippen molar-refractivity contribution in [2.45, 2.75) is 129 Å². The maximum Gasteiger partial charge on any atom is 0.255 e. The quantitative estimate of drug-likeness (QED) is 0.0608. The molecule has 1 saturated carbocycles. The number of likely N-dealkylation sites (N-methyl/N-ethyl adjacent to an activating group) is 1. The van der Waals surface area contributed by atoms with Crippen LogP contribution in [0.4, 0.5) is 0 Å². The molecule has 3 aromatic carbocycles. The van der Waals surface area contributed by atoms with Gasteiger partial charge in [-0.15, -0.1) is 0 Å². The lowest BCUT2D eigenvalue weighted by atomic mass is 9.88. The summed E-state index contributed by atoms with van der Waals surface area (Å²) in [7, 11) is 1.47. The molecule has 0 radical (unpaired) electrons. The van der Waals surface area contributed by atoms with Gasteiger partial charge in [-0.3, -0.25) is 28.8 Å². The SMILES string of the molecule is CC[C@H](NC(=O)c1c(C)nc(-c2ccc(OC3CCCCC3)cc2)nc1C)C(=O)C[C@@H](CCN)C(=O)N(C)[C@@H]1C(=O)C[C@@H](C)C(=O)N[C@H](C(=O)CCC#N)Cc2ccc(OCCN)c(c2)-c2cc1ccc2OCCN. The molecule has 18 nitrogen and oxygen atoms in total. The fourth-order valence-electron chi connectivity index (χ4n) is 9.90. The molecule has 1 fully saturated rings. The van der Waals surface area contributed by atoms with E-state index < -0.39 is 59.2 Å². The molecule has 18 heteroatoms.